The van der Waals surface area contributed by atoms with Crippen molar-refractivity contribution in [3.63, 3.8) is 0 Å². The van der Waals surface area contributed by atoms with Crippen molar-refractivity contribution in [3.05, 3.63) is 27.1 Å². The molecule has 0 aliphatic heterocycles. The molecule has 3 nitrogen and oxygen atoms in total. The molecule has 0 saturated carbocycles. The lowest BCUT2D eigenvalue weighted by Gasteiger charge is -2.18. The van der Waals surface area contributed by atoms with Gasteiger partial charge < -0.3 is 9.67 Å². The smallest absolute Gasteiger partial charge is 0.410 e. The molecule has 0 aliphatic carbocycles. The number of aryl methyl sites for hydroxylation is 1. The maximum Gasteiger partial charge on any atom is 0.410 e. The number of halogens is 5. The average molecular weight is 276 g/mol. The van der Waals surface area contributed by atoms with Crippen molar-refractivity contribution in [1.29, 1.82) is 0 Å². The topological polar surface area (TPSA) is 42.2 Å². The molecule has 1 heterocycles. The van der Waals surface area contributed by atoms with Crippen LogP contribution in [0.5, 0.6) is 5.75 Å². The lowest BCUT2D eigenvalue weighted by molar-refractivity contribution is -0.133. The van der Waals surface area contributed by atoms with Crippen LogP contribution in [0.4, 0.5) is 13.2 Å². The Morgan fingerprint density at radius 3 is 2.44 bits per heavy atom. The fraction of sp³-hybridized carbons (Fsp3) is 0.375. The van der Waals surface area contributed by atoms with E-state index in [-0.39, 0.29) is 5.02 Å². The highest BCUT2D eigenvalue weighted by Crippen LogP contribution is 2.40. The Morgan fingerprint density at radius 1 is 1.50 bits per heavy atom. The number of rotatable bonds is 1. The van der Waals surface area contributed by atoms with Crippen LogP contribution in [0.25, 0.3) is 0 Å². The van der Waals surface area contributed by atoms with Gasteiger partial charge in [-0.05, 0) is 0 Å². The lowest BCUT2D eigenvalue weighted by atomic mass is 10.2. The highest BCUT2D eigenvalue weighted by Gasteiger charge is 2.42. The van der Waals surface area contributed by atoms with Crippen LogP contribution in [0, 0.1) is 0 Å². The highest BCUT2D eigenvalue weighted by molar-refractivity contribution is 6.30. The van der Waals surface area contributed by atoms with Gasteiger partial charge >= 0.3 is 6.18 Å². The van der Waals surface area contributed by atoms with Crippen LogP contribution < -0.4 is 5.43 Å². The van der Waals surface area contributed by atoms with Gasteiger partial charge in [0.15, 0.2) is 11.1 Å². The third-order valence-electron chi connectivity index (χ3n) is 1.89. The van der Waals surface area contributed by atoms with E-state index in [9.17, 15) is 23.1 Å². The fourth-order valence-electron chi connectivity index (χ4n) is 1.15. The van der Waals surface area contributed by atoms with Gasteiger partial charge in [-0.1, -0.05) is 11.6 Å². The van der Waals surface area contributed by atoms with E-state index in [4.69, 9.17) is 23.2 Å². The predicted octanol–water partition coefficient (Wildman–Crippen LogP) is 2.59. The van der Waals surface area contributed by atoms with Crippen molar-refractivity contribution >= 4 is 23.2 Å². The Hall–Kier alpha value is -0.880. The summed E-state index contributed by atoms with van der Waals surface area (Å²) in [4.78, 5) is 11.2. The molecule has 0 aromatic carbocycles. The monoisotopic (exact) mass is 275 g/mol. The molecule has 1 rings (SSSR count). The molecule has 0 bridgehead atoms. The van der Waals surface area contributed by atoms with Crippen molar-refractivity contribution in [3.8, 4) is 5.75 Å². The molecule has 8 heteroatoms. The van der Waals surface area contributed by atoms with Crippen molar-refractivity contribution in [2.24, 2.45) is 7.05 Å². The maximum absolute atomic E-state index is 12.3. The summed E-state index contributed by atoms with van der Waals surface area (Å²) in [6.07, 6.45) is -3.81. The van der Waals surface area contributed by atoms with Crippen LogP contribution in [0.3, 0.4) is 0 Å². The Balaban J connectivity index is 3.47. The lowest BCUT2D eigenvalue weighted by Crippen LogP contribution is -2.22. The molecule has 0 fully saturated rings. The van der Waals surface area contributed by atoms with Crippen molar-refractivity contribution in [2.45, 2.75) is 11.6 Å². The Labute approximate surface area is 98.0 Å². The molecule has 90 valence electrons. The minimum atomic E-state index is -4.77. The molecule has 0 aliphatic rings. The number of nitrogens with zero attached hydrogens (tertiary/aromatic N) is 1. The van der Waals surface area contributed by atoms with Gasteiger partial charge in [0.25, 0.3) is 0 Å². The summed E-state index contributed by atoms with van der Waals surface area (Å²) in [6, 6.07) is 0. The standard InChI is InChI=1S/C8H6Cl2F3NO2/c1-14-2-3(9)5(15)6(16)4(14)7(10)8(11,12)13/h2,7,16H,1H3. The first-order valence-electron chi connectivity index (χ1n) is 3.95. The van der Waals surface area contributed by atoms with Gasteiger partial charge in [-0.15, -0.1) is 11.6 Å². The SMILES string of the molecule is Cn1cc(Cl)c(=O)c(O)c1C(Cl)C(F)(F)F. The first-order chi connectivity index (χ1) is 7.16. The van der Waals surface area contributed by atoms with E-state index in [0.29, 0.717) is 0 Å². The van der Waals surface area contributed by atoms with Crippen LogP contribution in [0.15, 0.2) is 11.0 Å². The van der Waals surface area contributed by atoms with Crippen LogP contribution in [0.1, 0.15) is 11.1 Å². The number of hydrogen-bond acceptors (Lipinski definition) is 2. The molecule has 1 aromatic rings. The summed E-state index contributed by atoms with van der Waals surface area (Å²) >= 11 is 10.5. The quantitative estimate of drug-likeness (QED) is 0.801. The van der Waals surface area contributed by atoms with E-state index in [1.165, 1.54) is 7.05 Å². The predicted molar refractivity (Wildman–Crippen MR) is 53.0 cm³/mol. The van der Waals surface area contributed by atoms with Gasteiger partial charge in [0.1, 0.15) is 5.02 Å². The molecular formula is C8H6Cl2F3NO2. The number of hydrogen-bond donors (Lipinski definition) is 1. The zero-order valence-corrected chi connectivity index (χ0v) is 9.36. The molecule has 1 unspecified atom stereocenters. The second kappa shape index (κ2) is 4.18. The van der Waals surface area contributed by atoms with Gasteiger partial charge in [0.2, 0.25) is 5.43 Å². The summed E-state index contributed by atoms with van der Waals surface area (Å²) < 4.78 is 37.9. The van der Waals surface area contributed by atoms with Crippen LogP contribution >= 0.6 is 23.2 Å². The molecule has 1 atom stereocenters. The Morgan fingerprint density at radius 2 is 2.00 bits per heavy atom. The van der Waals surface area contributed by atoms with E-state index < -0.39 is 28.4 Å². The zero-order valence-electron chi connectivity index (χ0n) is 7.85. The van der Waals surface area contributed by atoms with Crippen LogP contribution in [-0.2, 0) is 7.05 Å². The average Bonchev–Trinajstić information content (AvgIpc) is 2.13. The third-order valence-corrected chi connectivity index (χ3v) is 2.61. The summed E-state index contributed by atoms with van der Waals surface area (Å²) in [7, 11) is 1.20. The van der Waals surface area contributed by atoms with E-state index in [2.05, 4.69) is 0 Å². The summed E-state index contributed by atoms with van der Waals surface area (Å²) in [5, 5.41) is 6.44. The summed E-state index contributed by atoms with van der Waals surface area (Å²) in [5.74, 6) is -1.09. The minimum absolute atomic E-state index is 0.380. The number of alkyl halides is 4. The molecular weight excluding hydrogens is 270 g/mol. The second-order valence-electron chi connectivity index (χ2n) is 3.06. The number of pyridine rings is 1. The molecule has 0 saturated heterocycles. The van der Waals surface area contributed by atoms with E-state index in [0.717, 1.165) is 10.8 Å². The van der Waals surface area contributed by atoms with Crippen molar-refractivity contribution in [1.82, 2.24) is 4.57 Å². The van der Waals surface area contributed by atoms with Gasteiger partial charge in [-0.3, -0.25) is 4.79 Å². The minimum Gasteiger partial charge on any atom is -0.503 e. The molecule has 0 radical (unpaired) electrons. The van der Waals surface area contributed by atoms with Crippen LogP contribution in [0.2, 0.25) is 5.02 Å². The summed E-state index contributed by atoms with van der Waals surface area (Å²) in [5.41, 5.74) is -1.81. The third kappa shape index (κ3) is 2.27. The zero-order chi connectivity index (χ0) is 12.7. The van der Waals surface area contributed by atoms with Gasteiger partial charge in [0, 0.05) is 13.2 Å². The maximum atomic E-state index is 12.3. The Kier molecular flexibility index (Phi) is 3.44. The largest absolute Gasteiger partial charge is 0.503 e. The fourth-order valence-corrected chi connectivity index (χ4v) is 1.64. The van der Waals surface area contributed by atoms with E-state index in [1.807, 2.05) is 0 Å². The highest BCUT2D eigenvalue weighted by atomic mass is 35.5. The molecule has 16 heavy (non-hydrogen) atoms. The van der Waals surface area contributed by atoms with E-state index in [1.54, 1.807) is 0 Å². The van der Waals surface area contributed by atoms with Crippen molar-refractivity contribution < 1.29 is 18.3 Å². The summed E-state index contributed by atoms with van der Waals surface area (Å²) in [6.45, 7) is 0. The number of aromatic nitrogens is 1. The Bertz CT molecular complexity index is 470. The molecule has 0 spiro atoms. The van der Waals surface area contributed by atoms with Gasteiger partial charge in [-0.2, -0.15) is 13.2 Å². The first-order valence-corrected chi connectivity index (χ1v) is 4.76. The van der Waals surface area contributed by atoms with Crippen LogP contribution in [-0.4, -0.2) is 15.8 Å². The normalized spacial score (nSPS) is 13.9. The van der Waals surface area contributed by atoms with Gasteiger partial charge in [-0.25, -0.2) is 0 Å². The number of aromatic hydroxyl groups is 1. The van der Waals surface area contributed by atoms with E-state index >= 15 is 0 Å². The van der Waals surface area contributed by atoms with Crippen molar-refractivity contribution in [2.75, 3.05) is 0 Å². The molecule has 1 N–H and O–H groups in total. The van der Waals surface area contributed by atoms with Gasteiger partial charge in [0.05, 0.1) is 5.69 Å². The second-order valence-corrected chi connectivity index (χ2v) is 3.90. The first kappa shape index (κ1) is 13.2. The molecule has 1 aromatic heterocycles. The molecule has 0 amide bonds.